The highest BCUT2D eigenvalue weighted by atomic mass is 19.1. The van der Waals surface area contributed by atoms with Crippen LogP contribution in [0.5, 0.6) is 5.75 Å². The molecule has 1 aromatic carbocycles. The van der Waals surface area contributed by atoms with Gasteiger partial charge in [0, 0.05) is 19.1 Å². The summed E-state index contributed by atoms with van der Waals surface area (Å²) in [5.41, 5.74) is 0.350. The molecule has 24 heavy (non-hydrogen) atoms. The second-order valence-electron chi connectivity index (χ2n) is 7.14. The Hall–Kier alpha value is -1.82. The molecule has 0 spiro atoms. The van der Waals surface area contributed by atoms with Crippen LogP contribution < -0.4 is 10.1 Å². The molecule has 6 heteroatoms. The Kier molecular flexibility index (Phi) is 5.70. The van der Waals surface area contributed by atoms with E-state index in [2.05, 4.69) is 5.32 Å². The minimum atomic E-state index is -0.503. The second-order valence-corrected chi connectivity index (χ2v) is 7.14. The van der Waals surface area contributed by atoms with Crippen LogP contribution in [0.1, 0.15) is 38.8 Å². The summed E-state index contributed by atoms with van der Waals surface area (Å²) in [5, 5.41) is 3.25. The molecule has 0 radical (unpaired) electrons. The van der Waals surface area contributed by atoms with E-state index in [9.17, 15) is 9.18 Å². The molecule has 0 bridgehead atoms. The van der Waals surface area contributed by atoms with E-state index in [0.29, 0.717) is 13.1 Å². The van der Waals surface area contributed by atoms with E-state index in [-0.39, 0.29) is 29.6 Å². The van der Waals surface area contributed by atoms with Gasteiger partial charge in [0.05, 0.1) is 7.11 Å². The Balaban J connectivity index is 2.07. The van der Waals surface area contributed by atoms with Gasteiger partial charge in [-0.1, -0.05) is 6.07 Å². The number of carbonyl (C=O) groups excluding carboxylic acids is 1. The van der Waals surface area contributed by atoms with E-state index in [1.807, 2.05) is 33.9 Å². The first-order chi connectivity index (χ1) is 11.2. The van der Waals surface area contributed by atoms with Crippen LogP contribution in [0.15, 0.2) is 18.2 Å². The molecule has 1 fully saturated rings. The minimum Gasteiger partial charge on any atom is -0.494 e. The molecule has 2 rings (SSSR count). The summed E-state index contributed by atoms with van der Waals surface area (Å²) in [6.45, 7) is 6.81. The first-order valence-electron chi connectivity index (χ1n) is 8.24. The largest absolute Gasteiger partial charge is 0.494 e. The van der Waals surface area contributed by atoms with E-state index < -0.39 is 5.60 Å². The molecule has 0 aliphatic carbocycles. The maximum absolute atomic E-state index is 14.0. The lowest BCUT2D eigenvalue weighted by Crippen LogP contribution is -2.36. The van der Waals surface area contributed by atoms with Crippen molar-refractivity contribution < 1.29 is 18.7 Å². The van der Waals surface area contributed by atoms with Gasteiger partial charge in [-0.25, -0.2) is 9.18 Å². The molecule has 134 valence electrons. The molecule has 1 N–H and O–H groups in total. The zero-order valence-corrected chi connectivity index (χ0v) is 15.1. The predicted molar refractivity (Wildman–Crippen MR) is 90.7 cm³/mol. The molecule has 2 unspecified atom stereocenters. The first kappa shape index (κ1) is 18.5. The van der Waals surface area contributed by atoms with Crippen LogP contribution in [0.2, 0.25) is 0 Å². The van der Waals surface area contributed by atoms with Crippen molar-refractivity contribution >= 4 is 6.09 Å². The van der Waals surface area contributed by atoms with E-state index in [1.165, 1.54) is 13.2 Å². The lowest BCUT2D eigenvalue weighted by molar-refractivity contribution is 0.0285. The summed E-state index contributed by atoms with van der Waals surface area (Å²) in [4.78, 5) is 13.9. The lowest BCUT2D eigenvalue weighted by atomic mass is 9.92. The summed E-state index contributed by atoms with van der Waals surface area (Å²) in [6, 6.07) is 4.96. The zero-order chi connectivity index (χ0) is 17.9. The topological polar surface area (TPSA) is 50.8 Å². The van der Waals surface area contributed by atoms with Crippen molar-refractivity contribution in [3.8, 4) is 5.75 Å². The minimum absolute atomic E-state index is 0.0298. The van der Waals surface area contributed by atoms with Gasteiger partial charge in [0.1, 0.15) is 5.60 Å². The van der Waals surface area contributed by atoms with Crippen LogP contribution in [0.4, 0.5) is 9.18 Å². The molecule has 1 amide bonds. The highest BCUT2D eigenvalue weighted by Crippen LogP contribution is 2.32. The van der Waals surface area contributed by atoms with Crippen LogP contribution >= 0.6 is 0 Å². The maximum Gasteiger partial charge on any atom is 0.410 e. The van der Waals surface area contributed by atoms with E-state index >= 15 is 0 Å². The number of hydrogen-bond acceptors (Lipinski definition) is 4. The van der Waals surface area contributed by atoms with Gasteiger partial charge in [-0.05, 0) is 57.9 Å². The van der Waals surface area contributed by atoms with E-state index in [1.54, 1.807) is 11.0 Å². The quantitative estimate of drug-likeness (QED) is 0.915. The molecule has 5 nitrogen and oxygen atoms in total. The second kappa shape index (κ2) is 7.38. The van der Waals surface area contributed by atoms with Crippen molar-refractivity contribution in [3.05, 3.63) is 29.6 Å². The molecular formula is C18H27FN2O3. The van der Waals surface area contributed by atoms with Gasteiger partial charge in [-0.3, -0.25) is 0 Å². The number of carbonyl (C=O) groups is 1. The highest BCUT2D eigenvalue weighted by molar-refractivity contribution is 5.68. The van der Waals surface area contributed by atoms with Gasteiger partial charge in [-0.15, -0.1) is 0 Å². The van der Waals surface area contributed by atoms with E-state index in [4.69, 9.17) is 9.47 Å². The molecule has 0 aromatic heterocycles. The number of likely N-dealkylation sites (tertiary alicyclic amines) is 1. The SMILES string of the molecule is CNC(c1ccc(OC)c(F)c1)C1CCN(C(=O)OC(C)(C)C)C1. The zero-order valence-electron chi connectivity index (χ0n) is 15.1. The molecule has 1 aliphatic heterocycles. The summed E-state index contributed by atoms with van der Waals surface area (Å²) < 4.78 is 24.4. The van der Waals surface area contributed by atoms with Crippen LogP contribution in [0.25, 0.3) is 0 Å². The molecular weight excluding hydrogens is 311 g/mol. The number of benzene rings is 1. The number of methoxy groups -OCH3 is 1. The first-order valence-corrected chi connectivity index (χ1v) is 8.24. The third-order valence-electron chi connectivity index (χ3n) is 4.19. The van der Waals surface area contributed by atoms with Gasteiger partial charge in [0.2, 0.25) is 0 Å². The molecule has 1 aliphatic rings. The fourth-order valence-corrected chi connectivity index (χ4v) is 3.10. The maximum atomic E-state index is 14.0. The van der Waals surface area contributed by atoms with Gasteiger partial charge < -0.3 is 19.7 Å². The Morgan fingerprint density at radius 3 is 2.67 bits per heavy atom. The monoisotopic (exact) mass is 338 g/mol. The molecule has 1 aromatic rings. The normalized spacial score (nSPS) is 19.2. The molecule has 1 saturated heterocycles. The van der Waals surface area contributed by atoms with Gasteiger partial charge in [0.15, 0.2) is 11.6 Å². The van der Waals surface area contributed by atoms with Crippen molar-refractivity contribution in [2.24, 2.45) is 5.92 Å². The summed E-state index contributed by atoms with van der Waals surface area (Å²) in [5.74, 6) is 0.0583. The van der Waals surface area contributed by atoms with Gasteiger partial charge >= 0.3 is 6.09 Å². The van der Waals surface area contributed by atoms with Crippen molar-refractivity contribution in [1.82, 2.24) is 10.2 Å². The number of hydrogen-bond donors (Lipinski definition) is 1. The average Bonchev–Trinajstić information content (AvgIpc) is 2.96. The van der Waals surface area contributed by atoms with Crippen LogP contribution in [0.3, 0.4) is 0 Å². The Labute approximate surface area is 143 Å². The number of halogens is 1. The van der Waals surface area contributed by atoms with Gasteiger partial charge in [-0.2, -0.15) is 0 Å². The predicted octanol–water partition coefficient (Wildman–Crippen LogP) is 3.35. The van der Waals surface area contributed by atoms with Crippen molar-refractivity contribution in [2.75, 3.05) is 27.2 Å². The van der Waals surface area contributed by atoms with Crippen LogP contribution in [-0.4, -0.2) is 43.8 Å². The Morgan fingerprint density at radius 2 is 2.12 bits per heavy atom. The third kappa shape index (κ3) is 4.38. The number of rotatable bonds is 4. The Morgan fingerprint density at radius 1 is 1.42 bits per heavy atom. The molecule has 0 saturated carbocycles. The number of nitrogens with one attached hydrogen (secondary N) is 1. The number of nitrogens with zero attached hydrogens (tertiary/aromatic N) is 1. The summed E-state index contributed by atoms with van der Waals surface area (Å²) in [6.07, 6.45) is 0.555. The van der Waals surface area contributed by atoms with E-state index in [0.717, 1.165) is 12.0 Å². The highest BCUT2D eigenvalue weighted by Gasteiger charge is 2.34. The number of ether oxygens (including phenoxy) is 2. The van der Waals surface area contributed by atoms with Crippen LogP contribution in [0, 0.1) is 11.7 Å². The Bertz CT molecular complexity index is 586. The van der Waals surface area contributed by atoms with Gasteiger partial charge in [0.25, 0.3) is 0 Å². The van der Waals surface area contributed by atoms with Crippen molar-refractivity contribution in [2.45, 2.75) is 38.8 Å². The lowest BCUT2D eigenvalue weighted by Gasteiger charge is -2.26. The fourth-order valence-electron chi connectivity index (χ4n) is 3.10. The average molecular weight is 338 g/mol. The van der Waals surface area contributed by atoms with Crippen molar-refractivity contribution in [3.63, 3.8) is 0 Å². The van der Waals surface area contributed by atoms with Crippen LogP contribution in [-0.2, 0) is 4.74 Å². The molecule has 2 atom stereocenters. The smallest absolute Gasteiger partial charge is 0.410 e. The third-order valence-corrected chi connectivity index (χ3v) is 4.19. The summed E-state index contributed by atoms with van der Waals surface area (Å²) >= 11 is 0. The summed E-state index contributed by atoms with van der Waals surface area (Å²) in [7, 11) is 3.30. The fraction of sp³-hybridized carbons (Fsp3) is 0.611. The molecule has 1 heterocycles. The van der Waals surface area contributed by atoms with Crippen molar-refractivity contribution in [1.29, 1.82) is 0 Å². The standard InChI is InChI=1S/C18H27FN2O3/c1-18(2,3)24-17(22)21-9-8-13(11-21)16(20-4)12-6-7-15(23-5)14(19)10-12/h6-7,10,13,16,20H,8-9,11H2,1-5H3. The number of amides is 1.